The zero-order valence-corrected chi connectivity index (χ0v) is 10.7. The Morgan fingerprint density at radius 3 is 2.38 bits per heavy atom. The molecule has 1 aromatic heterocycles. The molecule has 1 nitrogen and oxygen atoms in total. The number of hydrogen-bond acceptors (Lipinski definition) is 1. The molecule has 0 spiro atoms. The maximum Gasteiger partial charge on any atom is 0.133 e. The average Bonchev–Trinajstić information content (AvgIpc) is 2.14. The van der Waals surface area contributed by atoms with Crippen molar-refractivity contribution in [2.45, 2.75) is 40.5 Å². The van der Waals surface area contributed by atoms with Gasteiger partial charge in [-0.05, 0) is 17.4 Å². The first kappa shape index (κ1) is 12.9. The molecule has 0 saturated carbocycles. The molecular weight excluding hydrogens is 201 g/mol. The van der Waals surface area contributed by atoms with Crippen LogP contribution in [0.5, 0.6) is 0 Å². The maximum atomic E-state index is 13.7. The number of aromatic nitrogens is 1. The predicted octanol–water partition coefficient (Wildman–Crippen LogP) is 4.40. The second-order valence-corrected chi connectivity index (χ2v) is 5.48. The number of rotatable bonds is 2. The van der Waals surface area contributed by atoms with Gasteiger partial charge in [0.05, 0.1) is 0 Å². The van der Waals surface area contributed by atoms with Gasteiger partial charge >= 0.3 is 0 Å². The van der Waals surface area contributed by atoms with Crippen LogP contribution in [0.15, 0.2) is 18.3 Å². The van der Waals surface area contributed by atoms with Gasteiger partial charge in [-0.3, -0.25) is 4.98 Å². The first-order valence-corrected chi connectivity index (χ1v) is 5.64. The minimum Gasteiger partial charge on any atom is -0.260 e. The molecule has 0 aliphatic heterocycles. The molecule has 0 bridgehead atoms. The highest BCUT2D eigenvalue weighted by atomic mass is 19.1. The minimum atomic E-state index is -0.195. The number of halogens is 1. The van der Waals surface area contributed by atoms with Crippen molar-refractivity contribution in [2.75, 3.05) is 0 Å². The molecule has 0 saturated heterocycles. The second-order valence-electron chi connectivity index (χ2n) is 5.48. The van der Waals surface area contributed by atoms with Crippen molar-refractivity contribution in [3.05, 3.63) is 35.4 Å². The Labute approximate surface area is 97.4 Å². The third-order valence-electron chi connectivity index (χ3n) is 2.26. The molecule has 1 heterocycles. The highest BCUT2D eigenvalue weighted by molar-refractivity contribution is 5.49. The molecule has 0 aliphatic rings. The van der Waals surface area contributed by atoms with Crippen molar-refractivity contribution in [2.24, 2.45) is 5.41 Å². The van der Waals surface area contributed by atoms with E-state index in [1.807, 2.05) is 19.9 Å². The Morgan fingerprint density at radius 1 is 1.31 bits per heavy atom. The summed E-state index contributed by atoms with van der Waals surface area (Å²) in [7, 11) is 0. The van der Waals surface area contributed by atoms with Gasteiger partial charge in [0.15, 0.2) is 0 Å². The van der Waals surface area contributed by atoms with E-state index in [9.17, 15) is 4.39 Å². The molecule has 0 aliphatic carbocycles. The summed E-state index contributed by atoms with van der Waals surface area (Å²) in [5, 5.41) is 0. The summed E-state index contributed by atoms with van der Waals surface area (Å²) in [4.78, 5) is 4.25. The smallest absolute Gasteiger partial charge is 0.133 e. The molecule has 0 unspecified atom stereocenters. The fraction of sp³-hybridized carbons (Fsp3) is 0.500. The first-order valence-electron chi connectivity index (χ1n) is 5.64. The van der Waals surface area contributed by atoms with Gasteiger partial charge in [-0.25, -0.2) is 4.39 Å². The van der Waals surface area contributed by atoms with Crippen LogP contribution in [0.1, 0.15) is 51.8 Å². The summed E-state index contributed by atoms with van der Waals surface area (Å²) in [6, 6.07) is 1.52. The van der Waals surface area contributed by atoms with Crippen molar-refractivity contribution in [3.63, 3.8) is 0 Å². The maximum absolute atomic E-state index is 13.7. The van der Waals surface area contributed by atoms with E-state index in [4.69, 9.17) is 0 Å². The average molecular weight is 221 g/mol. The number of pyridine rings is 1. The van der Waals surface area contributed by atoms with Gasteiger partial charge in [0.25, 0.3) is 0 Å². The largest absolute Gasteiger partial charge is 0.260 e. The van der Waals surface area contributed by atoms with Crippen LogP contribution >= 0.6 is 0 Å². The van der Waals surface area contributed by atoms with Crippen LogP contribution in [0.3, 0.4) is 0 Å². The number of allylic oxidation sites excluding steroid dienone is 1. The molecule has 0 radical (unpaired) electrons. The molecule has 2 heteroatoms. The van der Waals surface area contributed by atoms with Gasteiger partial charge in [-0.1, -0.05) is 46.8 Å². The monoisotopic (exact) mass is 221 g/mol. The summed E-state index contributed by atoms with van der Waals surface area (Å²) in [6.07, 6.45) is 5.39. The standard InChI is InChI=1S/C14H20FN/c1-10(2)13-8-12(15)11(9-16-13)6-7-14(3,4)5/h6-10H,1-5H3. The fourth-order valence-electron chi connectivity index (χ4n) is 1.23. The highest BCUT2D eigenvalue weighted by Crippen LogP contribution is 2.20. The van der Waals surface area contributed by atoms with Crippen LogP contribution in [0.2, 0.25) is 0 Å². The number of nitrogens with zero attached hydrogens (tertiary/aromatic N) is 1. The Hall–Kier alpha value is -1.18. The van der Waals surface area contributed by atoms with Gasteiger partial charge < -0.3 is 0 Å². The Balaban J connectivity index is 2.96. The zero-order valence-electron chi connectivity index (χ0n) is 10.7. The quantitative estimate of drug-likeness (QED) is 0.721. The fourth-order valence-corrected chi connectivity index (χ4v) is 1.23. The first-order chi connectivity index (χ1) is 7.29. The Bertz CT molecular complexity index is 386. The van der Waals surface area contributed by atoms with Crippen LogP contribution in [0.4, 0.5) is 4.39 Å². The third kappa shape index (κ3) is 3.76. The van der Waals surface area contributed by atoms with E-state index >= 15 is 0 Å². The third-order valence-corrected chi connectivity index (χ3v) is 2.26. The summed E-state index contributed by atoms with van der Waals surface area (Å²) >= 11 is 0. The molecule has 0 fully saturated rings. The summed E-state index contributed by atoms with van der Waals surface area (Å²) in [5.74, 6) is 0.0642. The van der Waals surface area contributed by atoms with E-state index in [-0.39, 0.29) is 17.2 Å². The lowest BCUT2D eigenvalue weighted by atomic mass is 9.95. The molecule has 16 heavy (non-hydrogen) atoms. The lowest BCUT2D eigenvalue weighted by Gasteiger charge is -2.11. The van der Waals surface area contributed by atoms with Crippen molar-refractivity contribution in [1.29, 1.82) is 0 Å². The molecule has 0 amide bonds. The van der Waals surface area contributed by atoms with Crippen molar-refractivity contribution >= 4 is 6.08 Å². The summed E-state index contributed by atoms with van der Waals surface area (Å²) < 4.78 is 13.7. The molecule has 88 valence electrons. The van der Waals surface area contributed by atoms with Gasteiger partial charge in [-0.2, -0.15) is 0 Å². The van der Waals surface area contributed by atoms with Crippen LogP contribution in [-0.2, 0) is 0 Å². The number of hydrogen-bond donors (Lipinski definition) is 0. The van der Waals surface area contributed by atoms with Crippen LogP contribution in [0.25, 0.3) is 6.08 Å². The van der Waals surface area contributed by atoms with Crippen molar-refractivity contribution in [1.82, 2.24) is 4.98 Å². The zero-order chi connectivity index (χ0) is 12.3. The normalized spacial score (nSPS) is 12.7. The van der Waals surface area contributed by atoms with Gasteiger partial charge in [-0.15, -0.1) is 0 Å². The van der Waals surface area contributed by atoms with Crippen molar-refractivity contribution in [3.8, 4) is 0 Å². The highest BCUT2D eigenvalue weighted by Gasteiger charge is 2.08. The van der Waals surface area contributed by atoms with Gasteiger partial charge in [0.1, 0.15) is 5.82 Å². The van der Waals surface area contributed by atoms with Crippen LogP contribution in [-0.4, -0.2) is 4.98 Å². The second kappa shape index (κ2) is 4.77. The van der Waals surface area contributed by atoms with Crippen molar-refractivity contribution < 1.29 is 4.39 Å². The summed E-state index contributed by atoms with van der Waals surface area (Å²) in [6.45, 7) is 10.3. The van der Waals surface area contributed by atoms with E-state index in [1.165, 1.54) is 6.07 Å². The molecule has 0 atom stereocenters. The Morgan fingerprint density at radius 2 is 1.94 bits per heavy atom. The van der Waals surface area contributed by atoms with E-state index in [0.29, 0.717) is 5.56 Å². The Kier molecular flexibility index (Phi) is 3.84. The molecular formula is C14H20FN. The molecule has 1 aromatic rings. The lowest BCUT2D eigenvalue weighted by Crippen LogP contribution is -1.99. The van der Waals surface area contributed by atoms with E-state index in [0.717, 1.165) is 5.69 Å². The van der Waals surface area contributed by atoms with E-state index in [1.54, 1.807) is 12.3 Å². The SMILES string of the molecule is CC(C)c1cc(F)c(C=CC(C)(C)C)cn1. The van der Waals surface area contributed by atoms with E-state index in [2.05, 4.69) is 25.8 Å². The predicted molar refractivity (Wildman–Crippen MR) is 66.8 cm³/mol. The topological polar surface area (TPSA) is 12.9 Å². The van der Waals surface area contributed by atoms with Gasteiger partial charge in [0, 0.05) is 17.5 Å². The van der Waals surface area contributed by atoms with E-state index < -0.39 is 0 Å². The summed E-state index contributed by atoms with van der Waals surface area (Å²) in [5.41, 5.74) is 1.41. The van der Waals surface area contributed by atoms with Gasteiger partial charge in [0.2, 0.25) is 0 Å². The lowest BCUT2D eigenvalue weighted by molar-refractivity contribution is 0.546. The molecule has 0 N–H and O–H groups in total. The van der Waals surface area contributed by atoms with Crippen LogP contribution < -0.4 is 0 Å². The minimum absolute atomic E-state index is 0.0587. The molecule has 1 rings (SSSR count). The molecule has 0 aromatic carbocycles. The van der Waals surface area contributed by atoms with Crippen LogP contribution in [0, 0.1) is 11.2 Å².